The number of nitrogens with one attached hydrogen (secondary N) is 1. The van der Waals surface area contributed by atoms with Crippen LogP contribution in [0.15, 0.2) is 67.0 Å². The molecule has 0 saturated heterocycles. The number of carbonyl (C=O) groups excluding carboxylic acids is 3. The number of nitrogens with zero attached hydrogens (tertiary/aromatic N) is 3. The minimum Gasteiger partial charge on any atom is -0.495 e. The molecule has 164 valence electrons. The molecule has 3 heterocycles. The van der Waals surface area contributed by atoms with Crippen LogP contribution in [-0.2, 0) is 4.79 Å². The Morgan fingerprint density at radius 1 is 1.03 bits per heavy atom. The van der Waals surface area contributed by atoms with Crippen molar-refractivity contribution < 1.29 is 19.1 Å². The molecule has 8 nitrogen and oxygen atoms in total. The van der Waals surface area contributed by atoms with E-state index in [0.29, 0.717) is 22.6 Å². The summed E-state index contributed by atoms with van der Waals surface area (Å²) in [6.07, 6.45) is 3.83. The summed E-state index contributed by atoms with van der Waals surface area (Å²) < 4.78 is 7.33. The Labute approximate surface area is 189 Å². The zero-order valence-corrected chi connectivity index (χ0v) is 18.0. The highest BCUT2D eigenvalue weighted by atomic mass is 16.5. The van der Waals surface area contributed by atoms with E-state index in [1.165, 1.54) is 7.11 Å². The molecule has 8 heteroatoms. The predicted molar refractivity (Wildman–Crippen MR) is 122 cm³/mol. The van der Waals surface area contributed by atoms with Gasteiger partial charge in [0.2, 0.25) is 5.91 Å². The number of fused-ring (bicyclic) bond motifs is 2. The number of benzene rings is 2. The summed E-state index contributed by atoms with van der Waals surface area (Å²) in [6, 6.07) is 15.8. The third kappa shape index (κ3) is 3.51. The van der Waals surface area contributed by atoms with Gasteiger partial charge in [-0.3, -0.25) is 19.3 Å². The molecule has 2 aromatic heterocycles. The number of pyridine rings is 1. The smallest absolute Gasteiger partial charge is 0.262 e. The summed E-state index contributed by atoms with van der Waals surface area (Å²) in [5.41, 5.74) is 4.45. The maximum atomic E-state index is 12.8. The number of carbonyl (C=O) groups is 3. The molecule has 4 aromatic rings. The van der Waals surface area contributed by atoms with Gasteiger partial charge in [0.15, 0.2) is 0 Å². The van der Waals surface area contributed by atoms with Crippen molar-refractivity contribution >= 4 is 29.1 Å². The summed E-state index contributed by atoms with van der Waals surface area (Å²) in [6.45, 7) is 1.60. The number of imidazole rings is 1. The van der Waals surface area contributed by atoms with Crippen LogP contribution in [0.1, 0.15) is 26.3 Å². The molecule has 1 N–H and O–H groups in total. The van der Waals surface area contributed by atoms with Gasteiger partial charge >= 0.3 is 0 Å². The quantitative estimate of drug-likeness (QED) is 0.479. The maximum Gasteiger partial charge on any atom is 0.262 e. The van der Waals surface area contributed by atoms with Crippen molar-refractivity contribution in [3.8, 4) is 17.0 Å². The van der Waals surface area contributed by atoms with Gasteiger partial charge in [-0.2, -0.15) is 0 Å². The minimum atomic E-state index is -0.509. The van der Waals surface area contributed by atoms with Crippen LogP contribution in [0.5, 0.6) is 5.75 Å². The van der Waals surface area contributed by atoms with Crippen LogP contribution < -0.4 is 10.1 Å². The summed E-state index contributed by atoms with van der Waals surface area (Å²) in [5, 5.41) is 2.77. The van der Waals surface area contributed by atoms with E-state index in [4.69, 9.17) is 9.72 Å². The van der Waals surface area contributed by atoms with Crippen LogP contribution in [0.25, 0.3) is 16.9 Å². The van der Waals surface area contributed by atoms with Crippen molar-refractivity contribution in [1.82, 2.24) is 14.3 Å². The average molecular weight is 440 g/mol. The van der Waals surface area contributed by atoms with Crippen molar-refractivity contribution in [2.24, 2.45) is 0 Å². The Morgan fingerprint density at radius 3 is 2.42 bits per heavy atom. The predicted octanol–water partition coefficient (Wildman–Crippen LogP) is 3.55. The van der Waals surface area contributed by atoms with Gasteiger partial charge in [0.1, 0.15) is 17.9 Å². The second-order valence-corrected chi connectivity index (χ2v) is 7.75. The fraction of sp³-hybridized carbons (Fsp3) is 0.120. The van der Waals surface area contributed by atoms with Crippen LogP contribution in [0.3, 0.4) is 0 Å². The number of hydrogen-bond donors (Lipinski definition) is 1. The summed E-state index contributed by atoms with van der Waals surface area (Å²) in [7, 11) is 1.50. The fourth-order valence-electron chi connectivity index (χ4n) is 3.97. The molecule has 0 radical (unpaired) electrons. The van der Waals surface area contributed by atoms with Crippen LogP contribution in [0.4, 0.5) is 5.69 Å². The molecular formula is C25H20N4O4. The summed E-state index contributed by atoms with van der Waals surface area (Å²) in [4.78, 5) is 43.5. The second kappa shape index (κ2) is 7.90. The molecule has 0 spiro atoms. The van der Waals surface area contributed by atoms with E-state index in [1.807, 2.05) is 41.9 Å². The molecule has 3 amide bonds. The maximum absolute atomic E-state index is 12.8. The lowest BCUT2D eigenvalue weighted by atomic mass is 10.1. The number of amides is 3. The molecule has 0 bridgehead atoms. The first-order chi connectivity index (χ1) is 16.0. The Bertz CT molecular complexity index is 1400. The Kier molecular flexibility index (Phi) is 4.90. The van der Waals surface area contributed by atoms with Gasteiger partial charge in [-0.1, -0.05) is 18.2 Å². The number of anilines is 1. The molecule has 1 aliphatic heterocycles. The molecule has 0 fully saturated rings. The van der Waals surface area contributed by atoms with Gasteiger partial charge in [-0.05, 0) is 48.9 Å². The molecular weight excluding hydrogens is 420 g/mol. The monoisotopic (exact) mass is 440 g/mol. The first-order valence-corrected chi connectivity index (χ1v) is 10.3. The van der Waals surface area contributed by atoms with Gasteiger partial charge in [0, 0.05) is 18.0 Å². The third-order valence-electron chi connectivity index (χ3n) is 5.63. The van der Waals surface area contributed by atoms with Crippen molar-refractivity contribution in [3.63, 3.8) is 0 Å². The van der Waals surface area contributed by atoms with E-state index in [1.54, 1.807) is 36.4 Å². The SMILES string of the molecule is COc1ccc(-c2cn3cccc(C)c3n2)cc1NC(=O)CN1C(=O)c2ccccc2C1=O. The van der Waals surface area contributed by atoms with Gasteiger partial charge < -0.3 is 14.5 Å². The topological polar surface area (TPSA) is 93.0 Å². The van der Waals surface area contributed by atoms with Gasteiger partial charge in [-0.25, -0.2) is 4.98 Å². The largest absolute Gasteiger partial charge is 0.495 e. The lowest BCUT2D eigenvalue weighted by Gasteiger charge is -2.15. The normalized spacial score (nSPS) is 12.8. The molecule has 0 saturated carbocycles. The van der Waals surface area contributed by atoms with E-state index < -0.39 is 24.3 Å². The summed E-state index contributed by atoms with van der Waals surface area (Å²) >= 11 is 0. The molecule has 0 atom stereocenters. The number of aryl methyl sites for hydroxylation is 1. The highest BCUT2D eigenvalue weighted by molar-refractivity contribution is 6.22. The standard InChI is InChI=1S/C25H20N4O4/c1-15-6-5-11-28-13-20(27-23(15)28)16-9-10-21(33-2)19(12-16)26-22(30)14-29-24(31)17-7-3-4-8-18(17)25(29)32/h3-13H,14H2,1-2H3,(H,26,30). The van der Waals surface area contributed by atoms with Crippen molar-refractivity contribution in [1.29, 1.82) is 0 Å². The second-order valence-electron chi connectivity index (χ2n) is 7.75. The Morgan fingerprint density at radius 2 is 1.76 bits per heavy atom. The zero-order valence-electron chi connectivity index (χ0n) is 18.0. The molecule has 0 aliphatic carbocycles. The fourth-order valence-corrected chi connectivity index (χ4v) is 3.97. The average Bonchev–Trinajstić information content (AvgIpc) is 3.36. The van der Waals surface area contributed by atoms with Gasteiger partial charge in [-0.15, -0.1) is 0 Å². The van der Waals surface area contributed by atoms with Gasteiger partial charge in [0.25, 0.3) is 11.8 Å². The van der Waals surface area contributed by atoms with Crippen LogP contribution in [-0.4, -0.2) is 45.7 Å². The Balaban J connectivity index is 1.40. The molecule has 5 rings (SSSR count). The number of rotatable bonds is 5. The van der Waals surface area contributed by atoms with Crippen molar-refractivity contribution in [2.75, 3.05) is 19.0 Å². The van der Waals surface area contributed by atoms with E-state index in [9.17, 15) is 14.4 Å². The lowest BCUT2D eigenvalue weighted by Crippen LogP contribution is -2.37. The number of methoxy groups -OCH3 is 1. The van der Waals surface area contributed by atoms with Crippen LogP contribution in [0.2, 0.25) is 0 Å². The van der Waals surface area contributed by atoms with Crippen LogP contribution in [0, 0.1) is 6.92 Å². The van der Waals surface area contributed by atoms with Crippen molar-refractivity contribution in [2.45, 2.75) is 6.92 Å². The van der Waals surface area contributed by atoms with E-state index in [-0.39, 0.29) is 0 Å². The highest BCUT2D eigenvalue weighted by Gasteiger charge is 2.36. The summed E-state index contributed by atoms with van der Waals surface area (Å²) in [5.74, 6) is -1.02. The first-order valence-electron chi connectivity index (χ1n) is 10.3. The number of imide groups is 1. The molecule has 1 aliphatic rings. The Hall–Kier alpha value is -4.46. The lowest BCUT2D eigenvalue weighted by molar-refractivity contribution is -0.116. The molecule has 2 aromatic carbocycles. The van der Waals surface area contributed by atoms with Crippen LogP contribution >= 0.6 is 0 Å². The number of aromatic nitrogens is 2. The van der Waals surface area contributed by atoms with E-state index in [0.717, 1.165) is 27.4 Å². The molecule has 0 unspecified atom stereocenters. The van der Waals surface area contributed by atoms with Gasteiger partial charge in [0.05, 0.1) is 29.6 Å². The van der Waals surface area contributed by atoms with E-state index in [2.05, 4.69) is 5.32 Å². The molecule has 33 heavy (non-hydrogen) atoms. The number of ether oxygens (including phenoxy) is 1. The minimum absolute atomic E-state index is 0.303. The van der Waals surface area contributed by atoms with Crippen molar-refractivity contribution in [3.05, 3.63) is 83.7 Å². The third-order valence-corrected chi connectivity index (χ3v) is 5.63. The number of hydrogen-bond acceptors (Lipinski definition) is 5. The highest BCUT2D eigenvalue weighted by Crippen LogP contribution is 2.31. The zero-order chi connectivity index (χ0) is 23.1. The first kappa shape index (κ1) is 20.4. The van der Waals surface area contributed by atoms with E-state index >= 15 is 0 Å².